The van der Waals surface area contributed by atoms with Crippen LogP contribution in [-0.2, 0) is 9.53 Å². The molecule has 0 aliphatic heterocycles. The molecule has 0 unspecified atom stereocenters. The second kappa shape index (κ2) is 7.80. The second-order valence-corrected chi connectivity index (χ2v) is 2.99. The number of ether oxygens (including phenoxy) is 1. The number of esters is 1. The molecular formula is C10H19NO2. The number of nitrogens with two attached hydrogens (primary N) is 1. The summed E-state index contributed by atoms with van der Waals surface area (Å²) in [6.45, 7) is 6.70. The number of hydrogen-bond donors (Lipinski definition) is 1. The first kappa shape index (κ1) is 12.2. The van der Waals surface area contributed by atoms with Crippen LogP contribution >= 0.6 is 0 Å². The van der Waals surface area contributed by atoms with E-state index in [4.69, 9.17) is 10.5 Å². The highest BCUT2D eigenvalue weighted by Gasteiger charge is 2.06. The predicted octanol–water partition coefficient (Wildman–Crippen LogP) is 1.62. The normalized spacial score (nSPS) is 9.69. The van der Waals surface area contributed by atoms with Crippen molar-refractivity contribution in [3.8, 4) is 0 Å². The monoisotopic (exact) mass is 185 g/mol. The number of hydrogen-bond acceptors (Lipinski definition) is 3. The zero-order valence-corrected chi connectivity index (χ0v) is 8.34. The Balaban J connectivity index is 3.51. The molecule has 0 atom stereocenters. The van der Waals surface area contributed by atoms with Gasteiger partial charge in [0.1, 0.15) is 0 Å². The van der Waals surface area contributed by atoms with Crippen LogP contribution in [0.4, 0.5) is 0 Å². The smallest absolute Gasteiger partial charge is 0.333 e. The van der Waals surface area contributed by atoms with Gasteiger partial charge in [-0.2, -0.15) is 0 Å². The van der Waals surface area contributed by atoms with Gasteiger partial charge >= 0.3 is 5.97 Å². The van der Waals surface area contributed by atoms with Gasteiger partial charge in [-0.05, 0) is 25.8 Å². The van der Waals surface area contributed by atoms with Gasteiger partial charge in [0, 0.05) is 5.57 Å². The fourth-order valence-electron chi connectivity index (χ4n) is 0.842. The van der Waals surface area contributed by atoms with E-state index in [1.165, 1.54) is 0 Å². The van der Waals surface area contributed by atoms with E-state index in [9.17, 15) is 4.79 Å². The molecule has 0 aromatic rings. The Bertz CT molecular complexity index is 166. The van der Waals surface area contributed by atoms with Crippen molar-refractivity contribution in [2.45, 2.75) is 32.6 Å². The molecule has 13 heavy (non-hydrogen) atoms. The van der Waals surface area contributed by atoms with Gasteiger partial charge in [0.25, 0.3) is 0 Å². The van der Waals surface area contributed by atoms with Crippen LogP contribution in [0.5, 0.6) is 0 Å². The van der Waals surface area contributed by atoms with Gasteiger partial charge in [-0.15, -0.1) is 0 Å². The summed E-state index contributed by atoms with van der Waals surface area (Å²) >= 11 is 0. The molecule has 0 bridgehead atoms. The van der Waals surface area contributed by atoms with E-state index in [0.717, 1.165) is 19.3 Å². The number of carbonyl (C=O) groups is 1. The lowest BCUT2D eigenvalue weighted by Crippen LogP contribution is -2.11. The van der Waals surface area contributed by atoms with Crippen LogP contribution in [0.3, 0.4) is 0 Å². The topological polar surface area (TPSA) is 52.3 Å². The van der Waals surface area contributed by atoms with Crippen molar-refractivity contribution in [2.75, 3.05) is 13.2 Å². The average Bonchev–Trinajstić information content (AvgIpc) is 2.14. The maximum Gasteiger partial charge on any atom is 0.333 e. The molecule has 3 nitrogen and oxygen atoms in total. The maximum atomic E-state index is 11.2. The first-order valence-electron chi connectivity index (χ1n) is 4.77. The molecule has 76 valence electrons. The molecule has 0 rings (SSSR count). The lowest BCUT2D eigenvalue weighted by molar-refractivity contribution is -0.139. The van der Waals surface area contributed by atoms with Crippen LogP contribution in [0, 0.1) is 0 Å². The van der Waals surface area contributed by atoms with E-state index in [2.05, 4.69) is 13.5 Å². The van der Waals surface area contributed by atoms with Crippen molar-refractivity contribution < 1.29 is 9.53 Å². The molecule has 0 radical (unpaired) electrons. The third kappa shape index (κ3) is 6.34. The minimum atomic E-state index is -0.276. The van der Waals surface area contributed by atoms with Crippen LogP contribution in [0.2, 0.25) is 0 Å². The lowest BCUT2D eigenvalue weighted by Gasteiger charge is -2.05. The Morgan fingerprint density at radius 3 is 2.69 bits per heavy atom. The summed E-state index contributed by atoms with van der Waals surface area (Å²) in [6.07, 6.45) is 3.50. The van der Waals surface area contributed by atoms with Crippen LogP contribution < -0.4 is 5.73 Å². The Morgan fingerprint density at radius 1 is 1.46 bits per heavy atom. The third-order valence-electron chi connectivity index (χ3n) is 1.70. The molecule has 0 spiro atoms. The third-order valence-corrected chi connectivity index (χ3v) is 1.70. The molecule has 3 heteroatoms. The first-order chi connectivity index (χ1) is 6.22. The second-order valence-electron chi connectivity index (χ2n) is 2.99. The quantitative estimate of drug-likeness (QED) is 0.372. The van der Waals surface area contributed by atoms with Crippen LogP contribution in [0.25, 0.3) is 0 Å². The fraction of sp³-hybridized carbons (Fsp3) is 0.700. The van der Waals surface area contributed by atoms with E-state index in [-0.39, 0.29) is 5.97 Å². The van der Waals surface area contributed by atoms with Gasteiger partial charge in [0.2, 0.25) is 0 Å². The van der Waals surface area contributed by atoms with Crippen molar-refractivity contribution in [1.29, 1.82) is 0 Å². The van der Waals surface area contributed by atoms with Gasteiger partial charge in [-0.25, -0.2) is 4.79 Å². The van der Waals surface area contributed by atoms with Crippen molar-refractivity contribution in [3.05, 3.63) is 12.2 Å². The number of carbonyl (C=O) groups excluding carboxylic acids is 1. The van der Waals surface area contributed by atoms with Crippen LogP contribution in [0.1, 0.15) is 32.6 Å². The minimum absolute atomic E-state index is 0.276. The molecule has 0 fully saturated rings. The molecule has 0 aromatic heterocycles. The Hall–Kier alpha value is -0.830. The Morgan fingerprint density at radius 2 is 2.15 bits per heavy atom. The van der Waals surface area contributed by atoms with Crippen molar-refractivity contribution >= 4 is 5.97 Å². The Kier molecular flexibility index (Phi) is 7.30. The van der Waals surface area contributed by atoms with Crippen molar-refractivity contribution in [2.24, 2.45) is 5.73 Å². The summed E-state index contributed by atoms with van der Waals surface area (Å²) in [5.74, 6) is -0.276. The van der Waals surface area contributed by atoms with Gasteiger partial charge in [-0.3, -0.25) is 0 Å². The molecule has 0 saturated carbocycles. The summed E-state index contributed by atoms with van der Waals surface area (Å²) in [6, 6.07) is 0. The highest BCUT2D eigenvalue weighted by atomic mass is 16.5. The van der Waals surface area contributed by atoms with Gasteiger partial charge < -0.3 is 10.5 Å². The van der Waals surface area contributed by atoms with Crippen molar-refractivity contribution in [1.82, 2.24) is 0 Å². The highest BCUT2D eigenvalue weighted by Crippen LogP contribution is 2.06. The van der Waals surface area contributed by atoms with Gasteiger partial charge in [0.05, 0.1) is 6.61 Å². The van der Waals surface area contributed by atoms with Crippen LogP contribution in [-0.4, -0.2) is 19.1 Å². The van der Waals surface area contributed by atoms with Gasteiger partial charge in [-0.1, -0.05) is 19.9 Å². The largest absolute Gasteiger partial charge is 0.462 e. The summed E-state index contributed by atoms with van der Waals surface area (Å²) in [7, 11) is 0. The predicted molar refractivity (Wildman–Crippen MR) is 53.3 cm³/mol. The van der Waals surface area contributed by atoms with E-state index >= 15 is 0 Å². The number of rotatable bonds is 7. The zero-order valence-electron chi connectivity index (χ0n) is 8.34. The molecule has 0 heterocycles. The molecule has 0 aromatic carbocycles. The number of unbranched alkanes of at least 4 members (excludes halogenated alkanes) is 1. The fourth-order valence-corrected chi connectivity index (χ4v) is 0.842. The standard InChI is InChI=1S/C10H19NO2/c1-3-4-6-9(2)10(12)13-8-5-7-11/h2-8,11H2,1H3. The van der Waals surface area contributed by atoms with E-state index in [0.29, 0.717) is 25.1 Å². The summed E-state index contributed by atoms with van der Waals surface area (Å²) in [4.78, 5) is 11.2. The summed E-state index contributed by atoms with van der Waals surface area (Å²) in [5, 5.41) is 0. The minimum Gasteiger partial charge on any atom is -0.462 e. The molecule has 0 saturated heterocycles. The van der Waals surface area contributed by atoms with E-state index in [1.54, 1.807) is 0 Å². The molecule has 0 aliphatic carbocycles. The summed E-state index contributed by atoms with van der Waals surface area (Å²) in [5.41, 5.74) is 5.83. The van der Waals surface area contributed by atoms with E-state index in [1.807, 2.05) is 0 Å². The first-order valence-corrected chi connectivity index (χ1v) is 4.77. The van der Waals surface area contributed by atoms with Crippen molar-refractivity contribution in [3.63, 3.8) is 0 Å². The van der Waals surface area contributed by atoms with Gasteiger partial charge in [0.15, 0.2) is 0 Å². The molecule has 2 N–H and O–H groups in total. The van der Waals surface area contributed by atoms with E-state index < -0.39 is 0 Å². The lowest BCUT2D eigenvalue weighted by atomic mass is 10.1. The summed E-state index contributed by atoms with van der Waals surface area (Å²) < 4.78 is 4.92. The molecule has 0 amide bonds. The zero-order chi connectivity index (χ0) is 10.1. The maximum absolute atomic E-state index is 11.2. The SMILES string of the molecule is C=C(CCCC)C(=O)OCCCN. The molecular weight excluding hydrogens is 166 g/mol. The van der Waals surface area contributed by atoms with Crippen LogP contribution in [0.15, 0.2) is 12.2 Å². The highest BCUT2D eigenvalue weighted by molar-refractivity contribution is 5.87. The molecule has 0 aliphatic rings. The Labute approximate surface area is 79.9 Å². The average molecular weight is 185 g/mol.